The molecule has 264 valence electrons. The van der Waals surface area contributed by atoms with Gasteiger partial charge >= 0.3 is 0 Å². The summed E-state index contributed by atoms with van der Waals surface area (Å²) in [6.45, 7) is 4.42. The van der Waals surface area contributed by atoms with Gasteiger partial charge in [-0.05, 0) is 43.9 Å². The molecule has 1 aromatic carbocycles. The van der Waals surface area contributed by atoms with E-state index in [0.717, 1.165) is 85.8 Å². The Labute approximate surface area is 295 Å². The van der Waals surface area contributed by atoms with Gasteiger partial charge in [0, 0.05) is 64.4 Å². The minimum atomic E-state index is -0.401. The Kier molecular flexibility index (Phi) is 8.50. The number of rotatable bonds is 10. The molecule has 51 heavy (non-hydrogen) atoms. The van der Waals surface area contributed by atoms with Gasteiger partial charge in [0.1, 0.15) is 5.69 Å². The monoisotopic (exact) mass is 691 g/mol. The van der Waals surface area contributed by atoms with Crippen molar-refractivity contribution in [2.75, 3.05) is 62.9 Å². The molecule has 2 saturated heterocycles. The smallest absolute Gasteiger partial charge is 0.273 e. The SMILES string of the molecule is CNC(=O)c1nnc(NC(=O)C2CC2)cc1Nc1cccc2c1N(C)Cc1c-2c(OC)nn1C1CN(Cc2cccc(C(=O)N3CCCC3)n2)C1. The number of likely N-dealkylation sites (tertiary alicyclic amines) is 2. The molecule has 3 aliphatic heterocycles. The average Bonchev–Trinajstić information content (AvgIpc) is 3.71. The molecule has 6 heterocycles. The van der Waals surface area contributed by atoms with E-state index in [4.69, 9.17) is 14.8 Å². The number of benzene rings is 1. The fraction of sp³-hybridized carbons (Fsp3) is 0.417. The number of anilines is 4. The molecule has 0 bridgehead atoms. The molecular weight excluding hydrogens is 650 g/mol. The van der Waals surface area contributed by atoms with Gasteiger partial charge in [-0.15, -0.1) is 15.3 Å². The molecular formula is C36H41N11O4. The highest BCUT2D eigenvalue weighted by atomic mass is 16.5. The summed E-state index contributed by atoms with van der Waals surface area (Å²) in [5.41, 5.74) is 6.52. The van der Waals surface area contributed by atoms with Crippen LogP contribution in [0.25, 0.3) is 11.1 Å². The highest BCUT2D eigenvalue weighted by Gasteiger charge is 2.37. The van der Waals surface area contributed by atoms with Crippen LogP contribution in [-0.2, 0) is 17.9 Å². The predicted molar refractivity (Wildman–Crippen MR) is 190 cm³/mol. The minimum absolute atomic E-state index is 0.00441. The van der Waals surface area contributed by atoms with Crippen molar-refractivity contribution in [1.29, 1.82) is 0 Å². The maximum absolute atomic E-state index is 12.9. The summed E-state index contributed by atoms with van der Waals surface area (Å²) in [6, 6.07) is 13.4. The van der Waals surface area contributed by atoms with E-state index >= 15 is 0 Å². The van der Waals surface area contributed by atoms with E-state index in [1.165, 1.54) is 7.05 Å². The number of nitrogens with zero attached hydrogens (tertiary/aromatic N) is 8. The summed E-state index contributed by atoms with van der Waals surface area (Å²) in [7, 11) is 5.20. The van der Waals surface area contributed by atoms with Gasteiger partial charge in [0.2, 0.25) is 11.8 Å². The second-order valence-corrected chi connectivity index (χ2v) is 13.7. The molecule has 4 aromatic rings. The summed E-state index contributed by atoms with van der Waals surface area (Å²) in [5, 5.41) is 22.1. The first-order valence-electron chi connectivity index (χ1n) is 17.5. The van der Waals surface area contributed by atoms with E-state index in [0.29, 0.717) is 30.4 Å². The van der Waals surface area contributed by atoms with Crippen molar-refractivity contribution in [3.63, 3.8) is 0 Å². The Morgan fingerprint density at radius 2 is 1.78 bits per heavy atom. The highest BCUT2D eigenvalue weighted by Crippen LogP contribution is 2.48. The predicted octanol–water partition coefficient (Wildman–Crippen LogP) is 3.44. The number of aromatic nitrogens is 5. The zero-order chi connectivity index (χ0) is 35.2. The zero-order valence-corrected chi connectivity index (χ0v) is 29.0. The number of ether oxygens (including phenoxy) is 1. The van der Waals surface area contributed by atoms with E-state index in [1.54, 1.807) is 13.2 Å². The van der Waals surface area contributed by atoms with Crippen LogP contribution in [0.3, 0.4) is 0 Å². The summed E-state index contributed by atoms with van der Waals surface area (Å²) in [5.74, 6) is 0.337. The summed E-state index contributed by atoms with van der Waals surface area (Å²) in [4.78, 5) is 49.2. The third kappa shape index (κ3) is 6.22. The van der Waals surface area contributed by atoms with Crippen LogP contribution >= 0.6 is 0 Å². The number of amides is 3. The first-order valence-corrected chi connectivity index (χ1v) is 17.5. The van der Waals surface area contributed by atoms with Crippen molar-refractivity contribution in [3.8, 4) is 17.0 Å². The number of hydrogen-bond donors (Lipinski definition) is 3. The van der Waals surface area contributed by atoms with Crippen LogP contribution < -0.4 is 25.6 Å². The lowest BCUT2D eigenvalue weighted by atomic mass is 9.96. The van der Waals surface area contributed by atoms with Crippen molar-refractivity contribution >= 4 is 40.6 Å². The highest BCUT2D eigenvalue weighted by molar-refractivity contribution is 6.01. The Hall–Kier alpha value is -5.57. The van der Waals surface area contributed by atoms with Crippen LogP contribution in [-0.4, -0.2) is 99.9 Å². The Balaban J connectivity index is 1.03. The van der Waals surface area contributed by atoms with Crippen LogP contribution in [0.4, 0.5) is 22.9 Å². The normalized spacial score (nSPS) is 17.0. The fourth-order valence-electron chi connectivity index (χ4n) is 7.25. The van der Waals surface area contributed by atoms with Gasteiger partial charge in [-0.25, -0.2) is 4.98 Å². The van der Waals surface area contributed by atoms with Crippen molar-refractivity contribution in [1.82, 2.24) is 40.1 Å². The Morgan fingerprint density at radius 3 is 2.53 bits per heavy atom. The first-order chi connectivity index (χ1) is 24.8. The Morgan fingerprint density at radius 1 is 1.00 bits per heavy atom. The Bertz CT molecular complexity index is 2010. The van der Waals surface area contributed by atoms with Gasteiger partial charge in [-0.1, -0.05) is 18.2 Å². The standard InChI is InChI=1S/C36H41N11O4/c1-37-34(49)31-27(16-29(41-42-31)40-33(48)21-12-13-21)39-25-10-7-9-24-30-28(20-44(2)32(24)25)47(43-35(30)51-3)23-18-45(19-23)17-22-8-6-11-26(38-22)36(50)46-14-4-5-15-46/h6-11,16,21,23H,4-5,12-15,17-20H2,1-3H3,(H,37,49)(H2,39,40,41,48). The lowest BCUT2D eigenvalue weighted by Gasteiger charge is -2.40. The summed E-state index contributed by atoms with van der Waals surface area (Å²) < 4.78 is 7.96. The number of hydrogen-bond acceptors (Lipinski definition) is 11. The van der Waals surface area contributed by atoms with E-state index < -0.39 is 5.91 Å². The molecule has 3 fully saturated rings. The van der Waals surface area contributed by atoms with Gasteiger partial charge in [0.05, 0.1) is 53.7 Å². The second kappa shape index (κ2) is 13.3. The maximum Gasteiger partial charge on any atom is 0.273 e. The van der Waals surface area contributed by atoms with Crippen LogP contribution in [0, 0.1) is 5.92 Å². The summed E-state index contributed by atoms with van der Waals surface area (Å²) >= 11 is 0. The van der Waals surface area contributed by atoms with Crippen molar-refractivity contribution in [2.45, 2.75) is 44.8 Å². The molecule has 1 saturated carbocycles. The number of methoxy groups -OCH3 is 1. The van der Waals surface area contributed by atoms with E-state index in [9.17, 15) is 14.4 Å². The number of carbonyl (C=O) groups is 3. The summed E-state index contributed by atoms with van der Waals surface area (Å²) in [6.07, 6.45) is 3.82. The molecule has 0 unspecified atom stereocenters. The van der Waals surface area contributed by atoms with Gasteiger partial charge in [0.25, 0.3) is 11.8 Å². The second-order valence-electron chi connectivity index (χ2n) is 13.7. The first kappa shape index (κ1) is 32.6. The lowest BCUT2D eigenvalue weighted by Crippen LogP contribution is -2.48. The van der Waals surface area contributed by atoms with Gasteiger partial charge in [0.15, 0.2) is 11.5 Å². The van der Waals surface area contributed by atoms with Crippen molar-refractivity contribution in [2.24, 2.45) is 5.92 Å². The lowest BCUT2D eigenvalue weighted by molar-refractivity contribution is -0.117. The third-order valence-corrected chi connectivity index (χ3v) is 10.0. The van der Waals surface area contributed by atoms with Crippen LogP contribution in [0.2, 0.25) is 0 Å². The minimum Gasteiger partial charge on any atom is -0.479 e. The zero-order valence-electron chi connectivity index (χ0n) is 29.0. The van der Waals surface area contributed by atoms with Gasteiger partial charge < -0.3 is 30.5 Å². The molecule has 0 spiro atoms. The average molecular weight is 692 g/mol. The molecule has 4 aliphatic rings. The number of pyridine rings is 1. The quantitative estimate of drug-likeness (QED) is 0.223. The van der Waals surface area contributed by atoms with E-state index in [2.05, 4.69) is 40.6 Å². The number of carbonyl (C=O) groups excluding carboxylic acids is 3. The number of para-hydroxylation sites is 1. The van der Waals surface area contributed by atoms with E-state index in [1.807, 2.05) is 48.3 Å². The van der Waals surface area contributed by atoms with Gasteiger partial charge in [-0.2, -0.15) is 0 Å². The molecule has 1 aliphatic carbocycles. The third-order valence-electron chi connectivity index (χ3n) is 10.0. The molecule has 3 amide bonds. The number of nitrogens with one attached hydrogen (secondary N) is 3. The molecule has 15 nitrogen and oxygen atoms in total. The molecule has 0 radical (unpaired) electrons. The van der Waals surface area contributed by atoms with Crippen molar-refractivity contribution in [3.05, 3.63) is 65.2 Å². The molecule has 15 heteroatoms. The molecule has 0 atom stereocenters. The van der Waals surface area contributed by atoms with Crippen LogP contribution in [0.15, 0.2) is 42.5 Å². The molecule has 8 rings (SSSR count). The topological polar surface area (TPSA) is 163 Å². The van der Waals surface area contributed by atoms with Crippen LogP contribution in [0.1, 0.15) is 64.1 Å². The van der Waals surface area contributed by atoms with Crippen molar-refractivity contribution < 1.29 is 19.1 Å². The molecule has 3 N–H and O–H groups in total. The number of fused-ring (bicyclic) bond motifs is 3. The van der Waals surface area contributed by atoms with Crippen LogP contribution in [0.5, 0.6) is 5.88 Å². The fourth-order valence-corrected chi connectivity index (χ4v) is 7.25. The van der Waals surface area contributed by atoms with Gasteiger partial charge in [-0.3, -0.25) is 24.0 Å². The maximum atomic E-state index is 12.9. The van der Waals surface area contributed by atoms with E-state index in [-0.39, 0.29) is 35.3 Å². The largest absolute Gasteiger partial charge is 0.479 e. The molecule has 3 aromatic heterocycles.